The summed E-state index contributed by atoms with van der Waals surface area (Å²) in [6.07, 6.45) is -2.73. The van der Waals surface area contributed by atoms with E-state index in [-0.39, 0.29) is 11.5 Å². The predicted octanol–water partition coefficient (Wildman–Crippen LogP) is 7.41. The fraction of sp³-hybridized carbons (Fsp3) is 0.200. The largest absolute Gasteiger partial charge is 0.573 e. The van der Waals surface area contributed by atoms with Gasteiger partial charge in [-0.05, 0) is 73.6 Å². The highest BCUT2D eigenvalue weighted by atomic mass is 32.1. The number of fused-ring (bicyclic) bond motifs is 1. The Morgan fingerprint density at radius 1 is 1.00 bits per heavy atom. The van der Waals surface area contributed by atoms with Crippen LogP contribution in [0.2, 0.25) is 0 Å². The van der Waals surface area contributed by atoms with Gasteiger partial charge in [-0.3, -0.25) is 0 Å². The zero-order valence-corrected chi connectivity index (χ0v) is 20.2. The van der Waals surface area contributed by atoms with Crippen molar-refractivity contribution in [1.29, 1.82) is 0 Å². The number of ether oxygens (including phenoxy) is 2. The average Bonchev–Trinajstić information content (AvgIpc) is 3.17. The molecular weight excluding hydrogens is 501 g/mol. The molecule has 0 unspecified atom stereocenters. The van der Waals surface area contributed by atoms with Crippen LogP contribution < -0.4 is 20.1 Å². The summed E-state index contributed by atoms with van der Waals surface area (Å²) in [5, 5.41) is 7.47. The summed E-state index contributed by atoms with van der Waals surface area (Å²) in [6, 6.07) is 16.3. The number of aromatic amines is 1. The van der Waals surface area contributed by atoms with Crippen LogP contribution in [0.15, 0.2) is 71.8 Å². The average molecular weight is 526 g/mol. The van der Waals surface area contributed by atoms with Gasteiger partial charge in [0.2, 0.25) is 0 Å². The third-order valence-electron chi connectivity index (χ3n) is 4.89. The SMILES string of the molecule is CNCc1c[nH]c2cc(Nc3ccc(OC(F)(F)F)cc3C)ccc12.FC(F)Oc1cccc(S)c1. The lowest BCUT2D eigenvalue weighted by atomic mass is 10.1. The lowest BCUT2D eigenvalue weighted by Gasteiger charge is -2.13. The second-order valence-corrected chi connectivity index (χ2v) is 8.15. The number of hydrogen-bond acceptors (Lipinski definition) is 5. The van der Waals surface area contributed by atoms with E-state index in [4.69, 9.17) is 0 Å². The molecule has 0 saturated heterocycles. The molecule has 0 spiro atoms. The van der Waals surface area contributed by atoms with Crippen LogP contribution in [-0.4, -0.2) is 25.0 Å². The minimum absolute atomic E-state index is 0.132. The molecule has 3 aromatic carbocycles. The smallest absolute Gasteiger partial charge is 0.435 e. The first-order valence-corrected chi connectivity index (χ1v) is 11.1. The molecule has 3 N–H and O–H groups in total. The second kappa shape index (κ2) is 12.0. The number of halogens is 5. The molecule has 0 aliphatic rings. The van der Waals surface area contributed by atoms with E-state index < -0.39 is 13.0 Å². The van der Waals surface area contributed by atoms with Gasteiger partial charge in [-0.1, -0.05) is 12.1 Å². The number of aryl methyl sites for hydroxylation is 1. The number of anilines is 2. The monoisotopic (exact) mass is 525 g/mol. The van der Waals surface area contributed by atoms with Crippen LogP contribution >= 0.6 is 12.6 Å². The van der Waals surface area contributed by atoms with E-state index in [0.717, 1.165) is 28.8 Å². The highest BCUT2D eigenvalue weighted by Crippen LogP contribution is 2.30. The van der Waals surface area contributed by atoms with Crippen molar-refractivity contribution in [3.05, 3.63) is 78.0 Å². The molecule has 36 heavy (non-hydrogen) atoms. The molecule has 0 aliphatic heterocycles. The Hall–Kier alpha value is -3.44. The fourth-order valence-corrected chi connectivity index (χ4v) is 3.60. The van der Waals surface area contributed by atoms with E-state index in [0.29, 0.717) is 10.5 Å². The van der Waals surface area contributed by atoms with E-state index in [1.807, 2.05) is 31.4 Å². The molecule has 0 bridgehead atoms. The number of nitrogens with one attached hydrogen (secondary N) is 3. The summed E-state index contributed by atoms with van der Waals surface area (Å²) in [5.74, 6) is -0.0976. The van der Waals surface area contributed by atoms with Crippen molar-refractivity contribution in [1.82, 2.24) is 10.3 Å². The van der Waals surface area contributed by atoms with Crippen molar-refractivity contribution < 1.29 is 31.4 Å². The number of alkyl halides is 5. The zero-order valence-electron chi connectivity index (χ0n) is 19.3. The summed E-state index contributed by atoms with van der Waals surface area (Å²) < 4.78 is 68.1. The minimum atomic E-state index is -4.69. The van der Waals surface area contributed by atoms with E-state index in [1.165, 1.54) is 29.8 Å². The van der Waals surface area contributed by atoms with Crippen molar-refractivity contribution >= 4 is 34.9 Å². The Morgan fingerprint density at radius 3 is 2.42 bits per heavy atom. The number of thiol groups is 1. The maximum Gasteiger partial charge on any atom is 0.573 e. The van der Waals surface area contributed by atoms with Crippen LogP contribution in [0, 0.1) is 6.92 Å². The van der Waals surface area contributed by atoms with E-state index >= 15 is 0 Å². The van der Waals surface area contributed by atoms with Crippen LogP contribution in [0.4, 0.5) is 33.3 Å². The van der Waals surface area contributed by atoms with E-state index in [9.17, 15) is 22.0 Å². The Labute approximate surface area is 210 Å². The first-order valence-electron chi connectivity index (χ1n) is 10.7. The molecule has 0 amide bonds. The lowest BCUT2D eigenvalue weighted by Crippen LogP contribution is -2.17. The quantitative estimate of drug-likeness (QED) is 0.150. The normalized spacial score (nSPS) is 11.2. The first kappa shape index (κ1) is 27.2. The van der Waals surface area contributed by atoms with Gasteiger partial charge >= 0.3 is 13.0 Å². The summed E-state index contributed by atoms with van der Waals surface area (Å²) in [6.45, 7) is -0.277. The number of hydrogen-bond donors (Lipinski definition) is 4. The standard InChI is InChI=1S/C18H18F3N3O.C7H6F2OS/c1-11-7-14(25-18(19,20)21)4-6-16(11)24-13-3-5-15-12(9-22-2)10-23-17(15)8-13;8-7(9)10-5-2-1-3-6(11)4-5/h3-8,10,22-24H,9H2,1-2H3;1-4,7,11H. The van der Waals surface area contributed by atoms with Crippen LogP contribution in [0.5, 0.6) is 11.5 Å². The molecule has 0 saturated carbocycles. The van der Waals surface area contributed by atoms with Crippen LogP contribution in [0.25, 0.3) is 10.9 Å². The molecule has 5 nitrogen and oxygen atoms in total. The Kier molecular flexibility index (Phi) is 9.05. The fourth-order valence-electron chi connectivity index (χ4n) is 3.39. The summed E-state index contributed by atoms with van der Waals surface area (Å²) >= 11 is 3.95. The molecule has 192 valence electrons. The Morgan fingerprint density at radius 2 is 1.78 bits per heavy atom. The van der Waals surface area contributed by atoms with Crippen molar-refractivity contribution in [2.75, 3.05) is 12.4 Å². The predicted molar refractivity (Wildman–Crippen MR) is 133 cm³/mol. The molecule has 0 aliphatic carbocycles. The Bertz CT molecular complexity index is 1290. The summed E-state index contributed by atoms with van der Waals surface area (Å²) in [4.78, 5) is 3.82. The van der Waals surface area contributed by atoms with Gasteiger partial charge < -0.3 is 25.1 Å². The van der Waals surface area contributed by atoms with Crippen molar-refractivity contribution in [3.8, 4) is 11.5 Å². The molecule has 0 radical (unpaired) electrons. The Balaban J connectivity index is 0.000000275. The van der Waals surface area contributed by atoms with Gasteiger partial charge in [0.25, 0.3) is 0 Å². The molecule has 4 rings (SSSR count). The van der Waals surface area contributed by atoms with Crippen LogP contribution in [-0.2, 0) is 6.54 Å². The third kappa shape index (κ3) is 8.06. The highest BCUT2D eigenvalue weighted by molar-refractivity contribution is 7.80. The van der Waals surface area contributed by atoms with Gasteiger partial charge in [-0.15, -0.1) is 25.8 Å². The van der Waals surface area contributed by atoms with Crippen molar-refractivity contribution in [2.24, 2.45) is 0 Å². The number of benzene rings is 3. The minimum Gasteiger partial charge on any atom is -0.435 e. The number of aromatic nitrogens is 1. The zero-order chi connectivity index (χ0) is 26.3. The van der Waals surface area contributed by atoms with Crippen LogP contribution in [0.3, 0.4) is 0 Å². The second-order valence-electron chi connectivity index (χ2n) is 7.63. The van der Waals surface area contributed by atoms with Crippen molar-refractivity contribution in [2.45, 2.75) is 31.3 Å². The maximum absolute atomic E-state index is 12.3. The van der Waals surface area contributed by atoms with Gasteiger partial charge in [-0.25, -0.2) is 0 Å². The van der Waals surface area contributed by atoms with Crippen LogP contribution in [0.1, 0.15) is 11.1 Å². The van der Waals surface area contributed by atoms with Gasteiger partial charge in [0, 0.05) is 39.9 Å². The van der Waals surface area contributed by atoms with Gasteiger partial charge in [0.15, 0.2) is 0 Å². The summed E-state index contributed by atoms with van der Waals surface area (Å²) in [7, 11) is 1.89. The summed E-state index contributed by atoms with van der Waals surface area (Å²) in [5.41, 5.74) is 4.39. The van der Waals surface area contributed by atoms with E-state index in [1.54, 1.807) is 25.1 Å². The third-order valence-corrected chi connectivity index (χ3v) is 5.17. The molecule has 4 aromatic rings. The lowest BCUT2D eigenvalue weighted by molar-refractivity contribution is -0.274. The molecular formula is C25H24F5N3O2S. The molecule has 1 aromatic heterocycles. The molecule has 0 atom stereocenters. The van der Waals surface area contributed by atoms with Gasteiger partial charge in [0.1, 0.15) is 11.5 Å². The number of H-pyrrole nitrogens is 1. The topological polar surface area (TPSA) is 58.3 Å². The highest BCUT2D eigenvalue weighted by Gasteiger charge is 2.31. The maximum atomic E-state index is 12.3. The first-order chi connectivity index (χ1) is 17.0. The van der Waals surface area contributed by atoms with Crippen molar-refractivity contribution in [3.63, 3.8) is 0 Å². The number of rotatable bonds is 7. The van der Waals surface area contributed by atoms with E-state index in [2.05, 4.69) is 37.7 Å². The molecule has 0 fully saturated rings. The molecule has 1 heterocycles. The van der Waals surface area contributed by atoms with Gasteiger partial charge in [-0.2, -0.15) is 8.78 Å². The molecule has 11 heteroatoms. The van der Waals surface area contributed by atoms with Gasteiger partial charge in [0.05, 0.1) is 0 Å².